The lowest BCUT2D eigenvalue weighted by Gasteiger charge is -2.13. The van der Waals surface area contributed by atoms with Crippen LogP contribution in [0, 0.1) is 5.92 Å². The molecular formula is C14H18N2O4S. The average Bonchev–Trinajstić information content (AvgIpc) is 2.98. The van der Waals surface area contributed by atoms with Crippen molar-refractivity contribution in [2.75, 3.05) is 30.5 Å². The molecule has 114 valence electrons. The molecule has 2 rings (SSSR count). The molecule has 0 bridgehead atoms. The Bertz CT molecular complexity index is 530. The van der Waals surface area contributed by atoms with Crippen LogP contribution in [0.15, 0.2) is 18.2 Å². The molecule has 0 spiro atoms. The summed E-state index contributed by atoms with van der Waals surface area (Å²) in [5, 5.41) is 14.4. The molecular weight excluding hydrogens is 292 g/mol. The third-order valence-electron chi connectivity index (χ3n) is 3.27. The number of benzene rings is 1. The van der Waals surface area contributed by atoms with Crippen LogP contribution < -0.4 is 15.4 Å². The zero-order chi connectivity index (χ0) is 15.2. The number of carbonyl (C=O) groups excluding carboxylic acids is 1. The van der Waals surface area contributed by atoms with E-state index in [0.29, 0.717) is 23.9 Å². The smallest absolute Gasteiger partial charge is 0.335 e. The second-order valence-corrected chi connectivity index (χ2v) is 5.93. The standard InChI is InChI=1S/C14H18N2O4S/c1-20-12-3-2-10(13(17)18)6-11(12)16-14(19)15-7-9-4-5-21-8-9/h2-3,6,9H,4-5,7-8H2,1H3,(H,17,18)(H2,15,16,19). The molecule has 0 radical (unpaired) electrons. The van der Waals surface area contributed by atoms with Crippen molar-refractivity contribution in [3.8, 4) is 5.75 Å². The van der Waals surface area contributed by atoms with Crippen molar-refractivity contribution in [1.82, 2.24) is 5.32 Å². The first kappa shape index (κ1) is 15.5. The molecule has 1 unspecified atom stereocenters. The number of carboxylic acid groups (broad SMARTS) is 1. The van der Waals surface area contributed by atoms with Crippen molar-refractivity contribution in [3.63, 3.8) is 0 Å². The summed E-state index contributed by atoms with van der Waals surface area (Å²) in [6.45, 7) is 0.625. The van der Waals surface area contributed by atoms with E-state index in [9.17, 15) is 9.59 Å². The second kappa shape index (κ2) is 7.21. The van der Waals surface area contributed by atoms with Crippen LogP contribution in [0.5, 0.6) is 5.75 Å². The molecule has 3 N–H and O–H groups in total. The number of hydrogen-bond donors (Lipinski definition) is 3. The van der Waals surface area contributed by atoms with Crippen LogP contribution in [-0.4, -0.2) is 42.3 Å². The number of hydrogen-bond acceptors (Lipinski definition) is 4. The highest BCUT2D eigenvalue weighted by Gasteiger charge is 2.17. The Morgan fingerprint density at radius 3 is 2.90 bits per heavy atom. The maximum atomic E-state index is 11.9. The van der Waals surface area contributed by atoms with Gasteiger partial charge in [0.15, 0.2) is 0 Å². The third-order valence-corrected chi connectivity index (χ3v) is 4.50. The van der Waals surface area contributed by atoms with Crippen LogP contribution in [0.4, 0.5) is 10.5 Å². The molecule has 2 amide bonds. The summed E-state index contributed by atoms with van der Waals surface area (Å²) in [6, 6.07) is 3.98. The maximum Gasteiger partial charge on any atom is 0.335 e. The summed E-state index contributed by atoms with van der Waals surface area (Å²) >= 11 is 1.89. The van der Waals surface area contributed by atoms with Crippen LogP contribution in [0.2, 0.25) is 0 Å². The number of thioether (sulfide) groups is 1. The quantitative estimate of drug-likeness (QED) is 0.776. The van der Waals surface area contributed by atoms with E-state index < -0.39 is 5.97 Å². The molecule has 0 aliphatic carbocycles. The first-order chi connectivity index (χ1) is 10.1. The summed E-state index contributed by atoms with van der Waals surface area (Å²) in [5.41, 5.74) is 0.439. The fourth-order valence-electron chi connectivity index (χ4n) is 2.09. The number of ether oxygens (including phenoxy) is 1. The molecule has 1 saturated heterocycles. The van der Waals surface area contributed by atoms with Crippen molar-refractivity contribution >= 4 is 29.4 Å². The van der Waals surface area contributed by atoms with Gasteiger partial charge in [0.25, 0.3) is 0 Å². The molecule has 1 aromatic carbocycles. The summed E-state index contributed by atoms with van der Waals surface area (Å²) in [5.74, 6) is 2.09. The molecule has 6 nitrogen and oxygen atoms in total. The first-order valence-electron chi connectivity index (χ1n) is 6.64. The highest BCUT2D eigenvalue weighted by molar-refractivity contribution is 7.99. The predicted molar refractivity (Wildman–Crippen MR) is 82.4 cm³/mol. The summed E-state index contributed by atoms with van der Waals surface area (Å²) < 4.78 is 5.12. The SMILES string of the molecule is COc1ccc(C(=O)O)cc1NC(=O)NCC1CCSC1. The van der Waals surface area contributed by atoms with Gasteiger partial charge >= 0.3 is 12.0 Å². The summed E-state index contributed by atoms with van der Waals surface area (Å²) in [7, 11) is 1.47. The number of rotatable bonds is 5. The van der Waals surface area contributed by atoms with Crippen LogP contribution in [0.3, 0.4) is 0 Å². The Morgan fingerprint density at radius 1 is 1.48 bits per heavy atom. The molecule has 21 heavy (non-hydrogen) atoms. The van der Waals surface area contributed by atoms with Gasteiger partial charge < -0.3 is 20.5 Å². The Labute approximate surface area is 127 Å². The maximum absolute atomic E-state index is 11.9. The molecule has 1 fully saturated rings. The minimum absolute atomic E-state index is 0.0956. The predicted octanol–water partition coefficient (Wildman–Crippen LogP) is 2.27. The van der Waals surface area contributed by atoms with Crippen molar-refractivity contribution < 1.29 is 19.4 Å². The fourth-order valence-corrected chi connectivity index (χ4v) is 3.37. The lowest BCUT2D eigenvalue weighted by Crippen LogP contribution is -2.33. The van der Waals surface area contributed by atoms with Crippen LogP contribution in [0.25, 0.3) is 0 Å². The lowest BCUT2D eigenvalue weighted by molar-refractivity contribution is 0.0697. The second-order valence-electron chi connectivity index (χ2n) is 4.78. The minimum Gasteiger partial charge on any atom is -0.495 e. The Kier molecular flexibility index (Phi) is 5.32. The van der Waals surface area contributed by atoms with Crippen molar-refractivity contribution in [3.05, 3.63) is 23.8 Å². The van der Waals surface area contributed by atoms with Gasteiger partial charge in [-0.3, -0.25) is 0 Å². The zero-order valence-corrected chi connectivity index (χ0v) is 12.5. The number of methoxy groups -OCH3 is 1. The van der Waals surface area contributed by atoms with Crippen molar-refractivity contribution in [2.45, 2.75) is 6.42 Å². The van der Waals surface area contributed by atoms with Crippen molar-refractivity contribution in [1.29, 1.82) is 0 Å². The van der Waals surface area contributed by atoms with Gasteiger partial charge in [0.05, 0.1) is 18.4 Å². The normalized spacial score (nSPS) is 17.3. The van der Waals surface area contributed by atoms with E-state index in [1.54, 1.807) is 0 Å². The number of carboxylic acids is 1. The minimum atomic E-state index is -1.05. The van der Waals surface area contributed by atoms with Crippen LogP contribution >= 0.6 is 11.8 Å². The molecule has 1 atom stereocenters. The largest absolute Gasteiger partial charge is 0.495 e. The summed E-state index contributed by atoms with van der Waals surface area (Å²) in [4.78, 5) is 22.9. The molecule has 1 aromatic rings. The molecule has 1 aliphatic heterocycles. The van der Waals surface area contributed by atoms with Crippen molar-refractivity contribution in [2.24, 2.45) is 5.92 Å². The van der Waals surface area contributed by atoms with E-state index in [2.05, 4.69) is 10.6 Å². The van der Waals surface area contributed by atoms with Gasteiger partial charge in [-0.15, -0.1) is 0 Å². The van der Waals surface area contributed by atoms with Gasteiger partial charge in [-0.2, -0.15) is 11.8 Å². The van der Waals surface area contributed by atoms with E-state index in [-0.39, 0.29) is 11.6 Å². The van der Waals surface area contributed by atoms with E-state index in [1.165, 1.54) is 25.3 Å². The Hall–Kier alpha value is -1.89. The van der Waals surface area contributed by atoms with E-state index in [1.807, 2.05) is 11.8 Å². The van der Waals surface area contributed by atoms with Gasteiger partial charge in [-0.25, -0.2) is 9.59 Å². The lowest BCUT2D eigenvalue weighted by atomic mass is 10.1. The number of aromatic carboxylic acids is 1. The molecule has 1 heterocycles. The zero-order valence-electron chi connectivity index (χ0n) is 11.7. The Balaban J connectivity index is 1.97. The fraction of sp³-hybridized carbons (Fsp3) is 0.429. The highest BCUT2D eigenvalue weighted by Crippen LogP contribution is 2.26. The highest BCUT2D eigenvalue weighted by atomic mass is 32.2. The number of amides is 2. The van der Waals surface area contributed by atoms with Gasteiger partial charge in [0, 0.05) is 6.54 Å². The number of urea groups is 1. The van der Waals surface area contributed by atoms with Crippen LogP contribution in [0.1, 0.15) is 16.8 Å². The number of nitrogens with one attached hydrogen (secondary N) is 2. The van der Waals surface area contributed by atoms with Gasteiger partial charge in [-0.1, -0.05) is 0 Å². The molecule has 0 saturated carbocycles. The topological polar surface area (TPSA) is 87.7 Å². The molecule has 0 aromatic heterocycles. The first-order valence-corrected chi connectivity index (χ1v) is 7.79. The Morgan fingerprint density at radius 2 is 2.29 bits per heavy atom. The molecule has 1 aliphatic rings. The van der Waals surface area contributed by atoms with E-state index in [0.717, 1.165) is 17.9 Å². The van der Waals surface area contributed by atoms with Crippen LogP contribution in [-0.2, 0) is 0 Å². The summed E-state index contributed by atoms with van der Waals surface area (Å²) in [6.07, 6.45) is 1.11. The van der Waals surface area contributed by atoms with Gasteiger partial charge in [0.1, 0.15) is 5.75 Å². The van der Waals surface area contributed by atoms with E-state index >= 15 is 0 Å². The van der Waals surface area contributed by atoms with E-state index in [4.69, 9.17) is 9.84 Å². The van der Waals surface area contributed by atoms with Gasteiger partial charge in [0.2, 0.25) is 0 Å². The average molecular weight is 310 g/mol. The molecule has 7 heteroatoms. The number of anilines is 1. The third kappa shape index (κ3) is 4.29. The monoisotopic (exact) mass is 310 g/mol. The van der Waals surface area contributed by atoms with Gasteiger partial charge in [-0.05, 0) is 42.0 Å². The number of carbonyl (C=O) groups is 2.